The fraction of sp³-hybridized carbons (Fsp3) is 0.375. The maximum absolute atomic E-state index is 12.4. The summed E-state index contributed by atoms with van der Waals surface area (Å²) in [6.07, 6.45) is 3.80. The number of carbonyl (C=O) groups is 1. The smallest absolute Gasteiger partial charge is 0.253 e. The molecule has 1 aromatic carbocycles. The second-order valence-electron chi connectivity index (χ2n) is 5.52. The van der Waals surface area contributed by atoms with Crippen LogP contribution in [0.3, 0.4) is 0 Å². The Hall–Kier alpha value is -1.62. The van der Waals surface area contributed by atoms with Crippen molar-refractivity contribution < 1.29 is 4.79 Å². The molecule has 5 heteroatoms. The highest BCUT2D eigenvalue weighted by Crippen LogP contribution is 2.26. The van der Waals surface area contributed by atoms with E-state index in [9.17, 15) is 4.79 Å². The van der Waals surface area contributed by atoms with Gasteiger partial charge in [-0.3, -0.25) is 4.79 Å². The van der Waals surface area contributed by atoms with E-state index in [2.05, 4.69) is 25.9 Å². The number of amides is 1. The van der Waals surface area contributed by atoms with E-state index in [1.165, 1.54) is 0 Å². The quantitative estimate of drug-likeness (QED) is 0.903. The molecule has 110 valence electrons. The molecule has 1 N–H and O–H groups in total. The van der Waals surface area contributed by atoms with Crippen molar-refractivity contribution in [2.45, 2.75) is 25.7 Å². The molecule has 1 aliphatic heterocycles. The number of nitrogens with zero attached hydrogens (tertiary/aromatic N) is 2. The Morgan fingerprint density at radius 3 is 2.52 bits per heavy atom. The van der Waals surface area contributed by atoms with Crippen LogP contribution in [0.1, 0.15) is 40.6 Å². The number of aromatic amines is 1. The van der Waals surface area contributed by atoms with Crippen molar-refractivity contribution in [2.75, 3.05) is 13.1 Å². The highest BCUT2D eigenvalue weighted by Gasteiger charge is 2.25. The molecule has 0 radical (unpaired) electrons. The lowest BCUT2D eigenvalue weighted by atomic mass is 9.95. The zero-order valence-electron chi connectivity index (χ0n) is 12.0. The molecular formula is C16H18BrN3O. The largest absolute Gasteiger partial charge is 0.346 e. The molecule has 1 aromatic heterocycles. The van der Waals surface area contributed by atoms with Gasteiger partial charge in [0.2, 0.25) is 0 Å². The molecule has 21 heavy (non-hydrogen) atoms. The molecule has 1 saturated heterocycles. The van der Waals surface area contributed by atoms with Crippen molar-refractivity contribution in [3.63, 3.8) is 0 Å². The third-order valence-electron chi connectivity index (χ3n) is 3.98. The zero-order valence-corrected chi connectivity index (χ0v) is 13.6. The van der Waals surface area contributed by atoms with Crippen LogP contribution >= 0.6 is 15.9 Å². The topological polar surface area (TPSA) is 49.0 Å². The number of aromatic nitrogens is 2. The van der Waals surface area contributed by atoms with Gasteiger partial charge in [0.05, 0.1) is 0 Å². The Bertz CT molecular complexity index is 627. The standard InChI is InChI=1S/C16H18BrN3O/c1-11-10-18-15(19-11)12-6-8-20(9-7-12)16(21)13-2-4-14(17)5-3-13/h2-5,10,12H,6-9H2,1H3,(H,18,19). The monoisotopic (exact) mass is 347 g/mol. The van der Waals surface area contributed by atoms with Gasteiger partial charge in [-0.05, 0) is 44.0 Å². The lowest BCUT2D eigenvalue weighted by molar-refractivity contribution is 0.0711. The first-order valence-electron chi connectivity index (χ1n) is 7.20. The first-order valence-corrected chi connectivity index (χ1v) is 7.99. The summed E-state index contributed by atoms with van der Waals surface area (Å²) >= 11 is 3.39. The molecule has 4 nitrogen and oxygen atoms in total. The Labute approximate surface area is 132 Å². The van der Waals surface area contributed by atoms with Gasteiger partial charge >= 0.3 is 0 Å². The van der Waals surface area contributed by atoms with E-state index < -0.39 is 0 Å². The minimum atomic E-state index is 0.122. The summed E-state index contributed by atoms with van der Waals surface area (Å²) in [5.74, 6) is 1.62. The molecule has 0 bridgehead atoms. The zero-order chi connectivity index (χ0) is 14.8. The third-order valence-corrected chi connectivity index (χ3v) is 4.51. The van der Waals surface area contributed by atoms with E-state index in [4.69, 9.17) is 0 Å². The molecule has 2 heterocycles. The van der Waals surface area contributed by atoms with Crippen molar-refractivity contribution in [2.24, 2.45) is 0 Å². The number of hydrogen-bond acceptors (Lipinski definition) is 2. The molecular weight excluding hydrogens is 330 g/mol. The number of H-pyrrole nitrogens is 1. The van der Waals surface area contributed by atoms with E-state index >= 15 is 0 Å². The molecule has 0 saturated carbocycles. The fourth-order valence-electron chi connectivity index (χ4n) is 2.77. The minimum Gasteiger partial charge on any atom is -0.346 e. The van der Waals surface area contributed by atoms with Crippen molar-refractivity contribution in [1.82, 2.24) is 14.9 Å². The molecule has 3 rings (SSSR count). The summed E-state index contributed by atoms with van der Waals surface area (Å²) in [7, 11) is 0. The number of carbonyl (C=O) groups excluding carboxylic acids is 1. The highest BCUT2D eigenvalue weighted by atomic mass is 79.9. The van der Waals surface area contributed by atoms with E-state index in [1.807, 2.05) is 42.3 Å². The van der Waals surface area contributed by atoms with Crippen LogP contribution in [0.4, 0.5) is 0 Å². The predicted molar refractivity (Wildman–Crippen MR) is 85.3 cm³/mol. The van der Waals surface area contributed by atoms with Crippen LogP contribution in [0, 0.1) is 6.92 Å². The first kappa shape index (κ1) is 14.3. The molecule has 1 fully saturated rings. The van der Waals surface area contributed by atoms with Crippen LogP contribution in [0.2, 0.25) is 0 Å². The summed E-state index contributed by atoms with van der Waals surface area (Å²) < 4.78 is 0.992. The lowest BCUT2D eigenvalue weighted by Gasteiger charge is -2.31. The number of imidazole rings is 1. The lowest BCUT2D eigenvalue weighted by Crippen LogP contribution is -2.38. The molecule has 1 aliphatic rings. The van der Waals surface area contributed by atoms with Crippen LogP contribution in [0.25, 0.3) is 0 Å². The average molecular weight is 348 g/mol. The van der Waals surface area contributed by atoms with Crippen LogP contribution in [-0.2, 0) is 0 Å². The van der Waals surface area contributed by atoms with E-state index in [1.54, 1.807) is 0 Å². The molecule has 0 atom stereocenters. The number of benzene rings is 1. The summed E-state index contributed by atoms with van der Waals surface area (Å²) in [4.78, 5) is 22.1. The van der Waals surface area contributed by atoms with Gasteiger partial charge in [0.15, 0.2) is 0 Å². The van der Waals surface area contributed by atoms with Crippen molar-refractivity contribution in [3.8, 4) is 0 Å². The number of nitrogens with one attached hydrogen (secondary N) is 1. The Balaban J connectivity index is 1.63. The number of hydrogen-bond donors (Lipinski definition) is 1. The Kier molecular flexibility index (Phi) is 4.10. The maximum Gasteiger partial charge on any atom is 0.253 e. The molecule has 0 aliphatic carbocycles. The fourth-order valence-corrected chi connectivity index (χ4v) is 3.04. The summed E-state index contributed by atoms with van der Waals surface area (Å²) in [6.45, 7) is 3.60. The van der Waals surface area contributed by atoms with E-state index in [0.717, 1.165) is 47.5 Å². The number of rotatable bonds is 2. The Morgan fingerprint density at radius 1 is 1.29 bits per heavy atom. The van der Waals surface area contributed by atoms with Crippen molar-refractivity contribution in [3.05, 3.63) is 52.0 Å². The van der Waals surface area contributed by atoms with Crippen LogP contribution in [0.5, 0.6) is 0 Å². The van der Waals surface area contributed by atoms with Gasteiger partial charge < -0.3 is 9.88 Å². The van der Waals surface area contributed by atoms with Gasteiger partial charge in [0.25, 0.3) is 5.91 Å². The Morgan fingerprint density at radius 2 is 1.95 bits per heavy atom. The van der Waals surface area contributed by atoms with E-state index in [-0.39, 0.29) is 5.91 Å². The normalized spacial score (nSPS) is 16.2. The van der Waals surface area contributed by atoms with Crippen LogP contribution in [0.15, 0.2) is 34.9 Å². The summed E-state index contributed by atoms with van der Waals surface area (Å²) in [5, 5.41) is 0. The SMILES string of the molecule is Cc1cnc(C2CCN(C(=O)c3ccc(Br)cc3)CC2)[nH]1. The van der Waals surface area contributed by atoms with E-state index in [0.29, 0.717) is 5.92 Å². The minimum absolute atomic E-state index is 0.122. The third kappa shape index (κ3) is 3.18. The predicted octanol–water partition coefficient (Wildman–Crippen LogP) is 3.50. The van der Waals surface area contributed by atoms with Gasteiger partial charge in [-0.1, -0.05) is 15.9 Å². The van der Waals surface area contributed by atoms with Crippen LogP contribution < -0.4 is 0 Å². The van der Waals surface area contributed by atoms with Gasteiger partial charge in [-0.2, -0.15) is 0 Å². The average Bonchev–Trinajstić information content (AvgIpc) is 2.94. The van der Waals surface area contributed by atoms with Crippen LogP contribution in [-0.4, -0.2) is 33.9 Å². The summed E-state index contributed by atoms with van der Waals surface area (Å²) in [5.41, 5.74) is 1.85. The van der Waals surface area contributed by atoms with Crippen molar-refractivity contribution >= 4 is 21.8 Å². The molecule has 2 aromatic rings. The summed E-state index contributed by atoms with van der Waals surface area (Å²) in [6, 6.07) is 7.56. The molecule has 0 spiro atoms. The maximum atomic E-state index is 12.4. The molecule has 0 unspecified atom stereocenters. The molecule has 1 amide bonds. The van der Waals surface area contributed by atoms with Gasteiger partial charge in [0.1, 0.15) is 5.82 Å². The number of piperidine rings is 1. The highest BCUT2D eigenvalue weighted by molar-refractivity contribution is 9.10. The first-order chi connectivity index (χ1) is 10.1. The second kappa shape index (κ2) is 6.02. The van der Waals surface area contributed by atoms with Crippen molar-refractivity contribution in [1.29, 1.82) is 0 Å². The number of aryl methyl sites for hydroxylation is 1. The van der Waals surface area contributed by atoms with Gasteiger partial charge in [-0.25, -0.2) is 4.98 Å². The van der Waals surface area contributed by atoms with Gasteiger partial charge in [0, 0.05) is 40.9 Å². The second-order valence-corrected chi connectivity index (χ2v) is 6.44. The number of likely N-dealkylation sites (tertiary alicyclic amines) is 1. The van der Waals surface area contributed by atoms with Gasteiger partial charge in [-0.15, -0.1) is 0 Å². The number of halogens is 1.